The van der Waals surface area contributed by atoms with E-state index in [1.54, 1.807) is 32.0 Å². The number of fused-ring (bicyclic) bond motifs is 1. The van der Waals surface area contributed by atoms with Gasteiger partial charge in [-0.1, -0.05) is 42.5 Å². The van der Waals surface area contributed by atoms with Gasteiger partial charge in [-0.2, -0.15) is 0 Å². The lowest BCUT2D eigenvalue weighted by molar-refractivity contribution is -0.484. The minimum Gasteiger partial charge on any atom is -0.465 e. The van der Waals surface area contributed by atoms with Gasteiger partial charge in [-0.05, 0) is 30.2 Å². The van der Waals surface area contributed by atoms with Crippen molar-refractivity contribution in [3.63, 3.8) is 0 Å². The van der Waals surface area contributed by atoms with E-state index >= 15 is 0 Å². The monoisotopic (exact) mass is 359 g/mol. The number of rotatable bonds is 8. The maximum atomic E-state index is 12.4. The molecule has 2 aromatic carbocycles. The van der Waals surface area contributed by atoms with Crippen molar-refractivity contribution in [1.29, 1.82) is 0 Å². The number of nitrogens with zero attached hydrogens (tertiary/aromatic N) is 1. The average molecular weight is 359 g/mol. The van der Waals surface area contributed by atoms with Gasteiger partial charge in [0.1, 0.15) is 0 Å². The lowest BCUT2D eigenvalue weighted by atomic mass is 9.83. The maximum Gasteiger partial charge on any atom is 0.321 e. The van der Waals surface area contributed by atoms with Crippen LogP contribution in [0.3, 0.4) is 0 Å². The third-order valence-electron chi connectivity index (χ3n) is 4.05. The Labute approximate surface area is 151 Å². The van der Waals surface area contributed by atoms with Crippen LogP contribution in [0.15, 0.2) is 42.5 Å². The summed E-state index contributed by atoms with van der Waals surface area (Å²) >= 11 is 0. The molecule has 26 heavy (non-hydrogen) atoms. The fourth-order valence-electron chi connectivity index (χ4n) is 3.01. The van der Waals surface area contributed by atoms with Crippen molar-refractivity contribution in [3.05, 3.63) is 58.1 Å². The van der Waals surface area contributed by atoms with E-state index in [1.165, 1.54) is 0 Å². The van der Waals surface area contributed by atoms with Crippen LogP contribution in [-0.4, -0.2) is 36.6 Å². The number of nitro groups is 1. The zero-order chi connectivity index (χ0) is 19.1. The van der Waals surface area contributed by atoms with E-state index in [-0.39, 0.29) is 13.2 Å². The number of carbonyl (C=O) groups excluding carboxylic acids is 2. The van der Waals surface area contributed by atoms with E-state index in [2.05, 4.69) is 0 Å². The summed E-state index contributed by atoms with van der Waals surface area (Å²) in [5, 5.41) is 12.9. The summed E-state index contributed by atoms with van der Waals surface area (Å²) in [6.07, 6.45) is 0. The predicted molar refractivity (Wildman–Crippen MR) is 95.3 cm³/mol. The molecule has 7 heteroatoms. The quantitative estimate of drug-likeness (QED) is 0.311. The van der Waals surface area contributed by atoms with Crippen molar-refractivity contribution >= 4 is 22.7 Å². The molecule has 0 fully saturated rings. The molecule has 0 bridgehead atoms. The first-order valence-corrected chi connectivity index (χ1v) is 8.42. The number of benzene rings is 2. The standard InChI is InChI=1S/C19H21NO6/c1-3-25-18(21)17(19(22)26-4-2)16(12-20(23)24)15-11-7-9-13-8-5-6-10-14(13)15/h5-11,16-17H,3-4,12H2,1-2H3. The second-order valence-corrected chi connectivity index (χ2v) is 5.67. The van der Waals surface area contributed by atoms with Crippen molar-refractivity contribution in [1.82, 2.24) is 0 Å². The second kappa shape index (κ2) is 8.94. The van der Waals surface area contributed by atoms with Gasteiger partial charge in [-0.15, -0.1) is 0 Å². The SMILES string of the molecule is CCOC(=O)C(C(=O)OCC)C(C[N+](=O)[O-])c1cccc2ccccc12. The first kappa shape index (κ1) is 19.4. The Hall–Kier alpha value is -2.96. The van der Waals surface area contributed by atoms with E-state index in [9.17, 15) is 19.7 Å². The van der Waals surface area contributed by atoms with Gasteiger partial charge in [0.25, 0.3) is 0 Å². The molecule has 2 rings (SSSR count). The molecule has 0 aliphatic carbocycles. The highest BCUT2D eigenvalue weighted by Crippen LogP contribution is 2.33. The molecule has 0 aromatic heterocycles. The van der Waals surface area contributed by atoms with Gasteiger partial charge in [0.05, 0.1) is 19.1 Å². The first-order chi connectivity index (χ1) is 12.5. The molecule has 0 radical (unpaired) electrons. The van der Waals surface area contributed by atoms with Gasteiger partial charge in [0.2, 0.25) is 6.54 Å². The van der Waals surface area contributed by atoms with Crippen molar-refractivity contribution < 1.29 is 24.0 Å². The van der Waals surface area contributed by atoms with Crippen LogP contribution in [0.5, 0.6) is 0 Å². The lowest BCUT2D eigenvalue weighted by Gasteiger charge is -2.23. The summed E-state index contributed by atoms with van der Waals surface area (Å²) < 4.78 is 10.0. The Morgan fingerprint density at radius 3 is 2.15 bits per heavy atom. The van der Waals surface area contributed by atoms with Gasteiger partial charge in [0.15, 0.2) is 5.92 Å². The molecular weight excluding hydrogens is 338 g/mol. The summed E-state index contributed by atoms with van der Waals surface area (Å²) in [4.78, 5) is 35.6. The Morgan fingerprint density at radius 2 is 1.58 bits per heavy atom. The molecule has 0 heterocycles. The summed E-state index contributed by atoms with van der Waals surface area (Å²) in [5.74, 6) is -4.02. The second-order valence-electron chi connectivity index (χ2n) is 5.67. The van der Waals surface area contributed by atoms with Crippen LogP contribution >= 0.6 is 0 Å². The third-order valence-corrected chi connectivity index (χ3v) is 4.05. The van der Waals surface area contributed by atoms with Crippen LogP contribution in [0.2, 0.25) is 0 Å². The average Bonchev–Trinajstić information content (AvgIpc) is 2.61. The zero-order valence-electron chi connectivity index (χ0n) is 14.7. The van der Waals surface area contributed by atoms with E-state index in [4.69, 9.17) is 9.47 Å². The molecule has 2 aromatic rings. The third kappa shape index (κ3) is 4.36. The van der Waals surface area contributed by atoms with Crippen molar-refractivity contribution in [3.8, 4) is 0 Å². The molecule has 0 amide bonds. The normalized spacial score (nSPS) is 12.0. The predicted octanol–water partition coefficient (Wildman–Crippen LogP) is 2.94. The maximum absolute atomic E-state index is 12.4. The summed E-state index contributed by atoms with van der Waals surface area (Å²) in [6.45, 7) is 2.77. The van der Waals surface area contributed by atoms with Crippen LogP contribution in [0.4, 0.5) is 0 Å². The Morgan fingerprint density at radius 1 is 1.00 bits per heavy atom. The van der Waals surface area contributed by atoms with Crippen molar-refractivity contribution in [2.45, 2.75) is 19.8 Å². The molecule has 0 N–H and O–H groups in total. The van der Waals surface area contributed by atoms with Gasteiger partial charge in [-0.3, -0.25) is 19.7 Å². The molecule has 0 spiro atoms. The lowest BCUT2D eigenvalue weighted by Crippen LogP contribution is -2.36. The van der Waals surface area contributed by atoms with Crippen LogP contribution in [0, 0.1) is 16.0 Å². The van der Waals surface area contributed by atoms with Crippen LogP contribution in [0.1, 0.15) is 25.3 Å². The summed E-state index contributed by atoms with van der Waals surface area (Å²) in [6, 6.07) is 12.6. The van der Waals surface area contributed by atoms with E-state index < -0.39 is 35.2 Å². The molecule has 0 saturated heterocycles. The zero-order valence-corrected chi connectivity index (χ0v) is 14.7. The Balaban J connectivity index is 2.60. The number of ether oxygens (including phenoxy) is 2. The summed E-state index contributed by atoms with van der Waals surface area (Å²) in [5.41, 5.74) is 0.547. The molecule has 0 aliphatic rings. The molecular formula is C19H21NO6. The van der Waals surface area contributed by atoms with Crippen molar-refractivity contribution in [2.75, 3.05) is 19.8 Å². The molecule has 1 unspecified atom stereocenters. The largest absolute Gasteiger partial charge is 0.465 e. The summed E-state index contributed by atoms with van der Waals surface area (Å²) in [7, 11) is 0. The number of hydrogen-bond donors (Lipinski definition) is 0. The highest BCUT2D eigenvalue weighted by atomic mass is 16.6. The Kier molecular flexibility index (Phi) is 6.66. The number of esters is 2. The van der Waals surface area contributed by atoms with Crippen LogP contribution in [-0.2, 0) is 19.1 Å². The minimum absolute atomic E-state index is 0.0649. The van der Waals surface area contributed by atoms with Gasteiger partial charge >= 0.3 is 11.9 Å². The minimum atomic E-state index is -1.40. The molecule has 138 valence electrons. The van der Waals surface area contributed by atoms with Gasteiger partial charge in [0, 0.05) is 4.92 Å². The fourth-order valence-corrected chi connectivity index (χ4v) is 3.01. The number of carbonyl (C=O) groups is 2. The fraction of sp³-hybridized carbons (Fsp3) is 0.368. The highest BCUT2D eigenvalue weighted by molar-refractivity contribution is 5.97. The van der Waals surface area contributed by atoms with Crippen molar-refractivity contribution in [2.24, 2.45) is 5.92 Å². The van der Waals surface area contributed by atoms with E-state index in [0.717, 1.165) is 10.8 Å². The Bertz CT molecular complexity index is 780. The molecule has 1 atom stereocenters. The molecule has 7 nitrogen and oxygen atoms in total. The highest BCUT2D eigenvalue weighted by Gasteiger charge is 2.41. The van der Waals surface area contributed by atoms with E-state index in [1.807, 2.05) is 24.3 Å². The van der Waals surface area contributed by atoms with Crippen LogP contribution < -0.4 is 0 Å². The van der Waals surface area contributed by atoms with Crippen LogP contribution in [0.25, 0.3) is 10.8 Å². The van der Waals surface area contributed by atoms with Gasteiger partial charge in [-0.25, -0.2) is 0 Å². The molecule has 0 saturated carbocycles. The topological polar surface area (TPSA) is 95.7 Å². The molecule has 0 aliphatic heterocycles. The van der Waals surface area contributed by atoms with Gasteiger partial charge < -0.3 is 9.47 Å². The smallest absolute Gasteiger partial charge is 0.321 e. The van der Waals surface area contributed by atoms with E-state index in [0.29, 0.717) is 5.56 Å². The first-order valence-electron chi connectivity index (χ1n) is 8.42. The number of hydrogen-bond acceptors (Lipinski definition) is 6.